The van der Waals surface area contributed by atoms with Crippen molar-refractivity contribution in [3.63, 3.8) is 0 Å². The summed E-state index contributed by atoms with van der Waals surface area (Å²) >= 11 is 0. The fourth-order valence-electron chi connectivity index (χ4n) is 1.19. The molecular weight excluding hydrogens is 251 g/mol. The minimum absolute atomic E-state index is 0.0356. The highest BCUT2D eigenvalue weighted by molar-refractivity contribution is 5.46. The number of nitrogens with two attached hydrogens (primary N) is 1. The zero-order valence-corrected chi connectivity index (χ0v) is 9.56. The fraction of sp³-hybridized carbons (Fsp3) is 0.444. The molecule has 0 spiro atoms. The normalized spacial score (nSPS) is 15.7. The molecule has 0 radical (unpaired) electrons. The second kappa shape index (κ2) is 3.80. The van der Waals surface area contributed by atoms with Crippen LogP contribution < -0.4 is 5.73 Å². The molecule has 0 aliphatic carbocycles. The molecule has 9 heteroatoms. The first-order valence-electron chi connectivity index (χ1n) is 4.91. The van der Waals surface area contributed by atoms with Gasteiger partial charge in [-0.3, -0.25) is 4.68 Å². The average molecular weight is 261 g/mol. The Balaban J connectivity index is 2.37. The molecule has 1 unspecified atom stereocenters. The Morgan fingerprint density at radius 3 is 2.56 bits per heavy atom. The quantitative estimate of drug-likeness (QED) is 0.878. The molecule has 0 aliphatic heterocycles. The number of alkyl halides is 3. The lowest BCUT2D eigenvalue weighted by Crippen LogP contribution is -2.47. The summed E-state index contributed by atoms with van der Waals surface area (Å²) in [5.74, 6) is -0.734. The fourth-order valence-corrected chi connectivity index (χ4v) is 1.19. The SMILES string of the molecule is Cn1ccc(-c2noc(C(C)(N)C(F)(F)F)n2)n1. The van der Waals surface area contributed by atoms with Crippen LogP contribution in [0.3, 0.4) is 0 Å². The van der Waals surface area contributed by atoms with Gasteiger partial charge in [0, 0.05) is 13.2 Å². The summed E-state index contributed by atoms with van der Waals surface area (Å²) in [6.45, 7) is 0.767. The molecule has 0 saturated carbocycles. The lowest BCUT2D eigenvalue weighted by atomic mass is 10.0. The molecule has 0 aliphatic rings. The molecule has 0 bridgehead atoms. The zero-order chi connectivity index (χ0) is 13.6. The van der Waals surface area contributed by atoms with Gasteiger partial charge in [0.2, 0.25) is 5.82 Å². The Bertz CT molecular complexity index is 557. The Hall–Kier alpha value is -1.90. The van der Waals surface area contributed by atoms with E-state index in [9.17, 15) is 13.2 Å². The van der Waals surface area contributed by atoms with Crippen LogP contribution in [-0.4, -0.2) is 26.1 Å². The van der Waals surface area contributed by atoms with Crippen molar-refractivity contribution < 1.29 is 17.7 Å². The average Bonchev–Trinajstić information content (AvgIpc) is 2.83. The van der Waals surface area contributed by atoms with E-state index in [1.165, 1.54) is 4.68 Å². The number of aromatic nitrogens is 4. The summed E-state index contributed by atoms with van der Waals surface area (Å²) < 4.78 is 44.0. The summed E-state index contributed by atoms with van der Waals surface area (Å²) in [6.07, 6.45) is -3.07. The van der Waals surface area contributed by atoms with Crippen molar-refractivity contribution in [3.8, 4) is 11.5 Å². The second-order valence-corrected chi connectivity index (χ2v) is 4.00. The van der Waals surface area contributed by atoms with Crippen molar-refractivity contribution in [2.24, 2.45) is 12.8 Å². The molecule has 18 heavy (non-hydrogen) atoms. The highest BCUT2D eigenvalue weighted by Gasteiger charge is 2.53. The molecule has 0 saturated heterocycles. The van der Waals surface area contributed by atoms with Crippen molar-refractivity contribution in [1.82, 2.24) is 19.9 Å². The highest BCUT2D eigenvalue weighted by Crippen LogP contribution is 2.35. The van der Waals surface area contributed by atoms with Crippen LogP contribution in [-0.2, 0) is 12.6 Å². The molecule has 2 aromatic heterocycles. The molecule has 2 rings (SSSR count). The third-order valence-corrected chi connectivity index (χ3v) is 2.40. The predicted octanol–water partition coefficient (Wildman–Crippen LogP) is 1.21. The van der Waals surface area contributed by atoms with Gasteiger partial charge in [-0.25, -0.2) is 0 Å². The number of rotatable bonds is 2. The van der Waals surface area contributed by atoms with Gasteiger partial charge in [-0.15, -0.1) is 0 Å². The topological polar surface area (TPSA) is 82.8 Å². The van der Waals surface area contributed by atoms with Crippen LogP contribution in [0.15, 0.2) is 16.8 Å². The lowest BCUT2D eigenvalue weighted by molar-refractivity contribution is -0.190. The minimum atomic E-state index is -4.68. The van der Waals surface area contributed by atoms with E-state index in [1.54, 1.807) is 19.3 Å². The van der Waals surface area contributed by atoms with Gasteiger partial charge in [0.15, 0.2) is 5.54 Å². The summed E-state index contributed by atoms with van der Waals surface area (Å²) in [7, 11) is 1.66. The van der Waals surface area contributed by atoms with E-state index in [1.807, 2.05) is 0 Å². The second-order valence-electron chi connectivity index (χ2n) is 4.00. The maximum Gasteiger partial charge on any atom is 0.415 e. The van der Waals surface area contributed by atoms with Crippen molar-refractivity contribution in [3.05, 3.63) is 18.2 Å². The largest absolute Gasteiger partial charge is 0.415 e. The number of aryl methyl sites for hydroxylation is 1. The van der Waals surface area contributed by atoms with E-state index in [-0.39, 0.29) is 5.82 Å². The van der Waals surface area contributed by atoms with Crippen LogP contribution in [0.25, 0.3) is 11.5 Å². The van der Waals surface area contributed by atoms with Gasteiger partial charge < -0.3 is 10.3 Å². The number of halogens is 3. The van der Waals surface area contributed by atoms with E-state index in [4.69, 9.17) is 5.73 Å². The summed E-state index contributed by atoms with van der Waals surface area (Å²) in [6, 6.07) is 1.55. The first-order valence-corrected chi connectivity index (χ1v) is 4.91. The molecule has 2 aromatic rings. The predicted molar refractivity (Wildman–Crippen MR) is 54.1 cm³/mol. The van der Waals surface area contributed by atoms with Gasteiger partial charge in [-0.05, 0) is 13.0 Å². The molecule has 0 fully saturated rings. The molecule has 2 N–H and O–H groups in total. The monoisotopic (exact) mass is 261 g/mol. The Morgan fingerprint density at radius 2 is 2.06 bits per heavy atom. The van der Waals surface area contributed by atoms with Crippen LogP contribution in [0.5, 0.6) is 0 Å². The standard InChI is InChI=1S/C9H10F3N5O/c1-8(13,9(10,11)12)7-14-6(16-18-7)5-3-4-17(2)15-5/h3-4H,13H2,1-2H3. The van der Waals surface area contributed by atoms with E-state index in [0.29, 0.717) is 5.69 Å². The van der Waals surface area contributed by atoms with Crippen LogP contribution in [0.1, 0.15) is 12.8 Å². The van der Waals surface area contributed by atoms with Crippen LogP contribution in [0.2, 0.25) is 0 Å². The summed E-state index contributed by atoms with van der Waals surface area (Å²) in [5, 5.41) is 7.39. The van der Waals surface area contributed by atoms with Gasteiger partial charge in [0.05, 0.1) is 0 Å². The van der Waals surface area contributed by atoms with Gasteiger partial charge in [0.1, 0.15) is 5.69 Å². The van der Waals surface area contributed by atoms with Crippen molar-refractivity contribution >= 4 is 0 Å². The molecule has 0 aromatic carbocycles. The van der Waals surface area contributed by atoms with Gasteiger partial charge in [-0.2, -0.15) is 23.3 Å². The molecule has 2 heterocycles. The maximum atomic E-state index is 12.7. The van der Waals surface area contributed by atoms with E-state index >= 15 is 0 Å². The van der Waals surface area contributed by atoms with Crippen LogP contribution >= 0.6 is 0 Å². The van der Waals surface area contributed by atoms with E-state index < -0.39 is 17.6 Å². The minimum Gasteiger partial charge on any atom is -0.336 e. The van der Waals surface area contributed by atoms with Crippen molar-refractivity contribution in [2.45, 2.75) is 18.6 Å². The smallest absolute Gasteiger partial charge is 0.336 e. The molecule has 1 atom stereocenters. The van der Waals surface area contributed by atoms with E-state index in [0.717, 1.165) is 6.92 Å². The Kier molecular flexibility index (Phi) is 2.65. The van der Waals surface area contributed by atoms with Crippen LogP contribution in [0, 0.1) is 0 Å². The number of hydrogen-bond acceptors (Lipinski definition) is 5. The Labute approximate surface area is 99.6 Å². The molecule has 6 nitrogen and oxygen atoms in total. The molecular formula is C9H10F3N5O. The Morgan fingerprint density at radius 1 is 1.39 bits per heavy atom. The third kappa shape index (κ3) is 1.96. The maximum absolute atomic E-state index is 12.7. The molecule has 98 valence electrons. The van der Waals surface area contributed by atoms with Crippen molar-refractivity contribution in [2.75, 3.05) is 0 Å². The van der Waals surface area contributed by atoms with E-state index in [2.05, 4.69) is 19.8 Å². The van der Waals surface area contributed by atoms with Gasteiger partial charge in [-0.1, -0.05) is 5.16 Å². The first kappa shape index (κ1) is 12.6. The number of hydrogen-bond donors (Lipinski definition) is 1. The summed E-state index contributed by atoms with van der Waals surface area (Å²) in [4.78, 5) is 3.63. The van der Waals surface area contributed by atoms with Crippen molar-refractivity contribution in [1.29, 1.82) is 0 Å². The lowest BCUT2D eigenvalue weighted by Gasteiger charge is -2.22. The van der Waals surface area contributed by atoms with Gasteiger partial charge in [0.25, 0.3) is 5.89 Å². The molecule has 0 amide bonds. The van der Waals surface area contributed by atoms with Crippen LogP contribution in [0.4, 0.5) is 13.2 Å². The van der Waals surface area contributed by atoms with Gasteiger partial charge >= 0.3 is 6.18 Å². The zero-order valence-electron chi connectivity index (χ0n) is 9.56. The number of nitrogens with zero attached hydrogens (tertiary/aromatic N) is 4. The summed E-state index contributed by atoms with van der Waals surface area (Å²) in [5.41, 5.74) is 2.79. The first-order chi connectivity index (χ1) is 8.22. The highest BCUT2D eigenvalue weighted by atomic mass is 19.4. The third-order valence-electron chi connectivity index (χ3n) is 2.40.